The maximum absolute atomic E-state index is 11.1. The van der Waals surface area contributed by atoms with Gasteiger partial charge in [0.1, 0.15) is 0 Å². The second kappa shape index (κ2) is 6.25. The van der Waals surface area contributed by atoms with Gasteiger partial charge in [-0.2, -0.15) is 11.8 Å². The fourth-order valence-electron chi connectivity index (χ4n) is 1.60. The minimum Gasteiger partial charge on any atom is -0.295 e. The molecule has 2 heteroatoms. The average Bonchev–Trinajstić information content (AvgIpc) is 2.13. The fourth-order valence-corrected chi connectivity index (χ4v) is 2.24. The number of carbonyl (C=O) groups is 1. The minimum atomic E-state index is 0.337. The standard InChI is InChI=1S/C11H18OS/c1-2-13-8-4-6-10-5-3-7-11(12)9-10/h9H,2-8H2,1H3. The maximum Gasteiger partial charge on any atom is 0.155 e. The Kier molecular flexibility index (Phi) is 5.21. The highest BCUT2D eigenvalue weighted by Crippen LogP contribution is 2.20. The number of carbonyl (C=O) groups excluding carboxylic acids is 1. The van der Waals surface area contributed by atoms with Gasteiger partial charge in [0, 0.05) is 6.42 Å². The van der Waals surface area contributed by atoms with E-state index in [0.717, 1.165) is 25.7 Å². The van der Waals surface area contributed by atoms with Crippen molar-refractivity contribution in [3.05, 3.63) is 11.6 Å². The van der Waals surface area contributed by atoms with E-state index in [0.29, 0.717) is 5.78 Å². The SMILES string of the molecule is CCSCCCC1=CC(=O)CCC1. The third kappa shape index (κ3) is 4.51. The Bertz CT molecular complexity index is 196. The highest BCUT2D eigenvalue weighted by molar-refractivity contribution is 7.99. The Morgan fingerprint density at radius 2 is 2.31 bits per heavy atom. The van der Waals surface area contributed by atoms with E-state index in [1.165, 1.54) is 23.5 Å². The zero-order valence-electron chi connectivity index (χ0n) is 8.34. The van der Waals surface area contributed by atoms with E-state index in [1.54, 1.807) is 0 Å². The van der Waals surface area contributed by atoms with Gasteiger partial charge >= 0.3 is 0 Å². The lowest BCUT2D eigenvalue weighted by atomic mass is 9.96. The van der Waals surface area contributed by atoms with Gasteiger partial charge in [-0.3, -0.25) is 4.79 Å². The molecule has 1 aliphatic rings. The molecule has 0 radical (unpaired) electrons. The molecule has 0 bridgehead atoms. The van der Waals surface area contributed by atoms with E-state index in [4.69, 9.17) is 0 Å². The zero-order valence-corrected chi connectivity index (χ0v) is 9.16. The lowest BCUT2D eigenvalue weighted by molar-refractivity contribution is -0.115. The average molecular weight is 198 g/mol. The predicted octanol–water partition coefficient (Wildman–Crippen LogP) is 3.20. The molecular formula is C11H18OS. The molecule has 0 aliphatic heterocycles. The van der Waals surface area contributed by atoms with Crippen molar-refractivity contribution in [2.24, 2.45) is 0 Å². The molecular weight excluding hydrogens is 180 g/mol. The molecule has 1 nitrogen and oxygen atoms in total. The first-order chi connectivity index (χ1) is 6.33. The molecule has 0 amide bonds. The summed E-state index contributed by atoms with van der Waals surface area (Å²) < 4.78 is 0. The first-order valence-electron chi connectivity index (χ1n) is 5.13. The van der Waals surface area contributed by atoms with Gasteiger partial charge in [-0.1, -0.05) is 12.5 Å². The summed E-state index contributed by atoms with van der Waals surface area (Å²) in [6, 6.07) is 0. The van der Waals surface area contributed by atoms with Gasteiger partial charge in [-0.05, 0) is 43.3 Å². The molecule has 0 heterocycles. The van der Waals surface area contributed by atoms with Crippen molar-refractivity contribution in [3.8, 4) is 0 Å². The van der Waals surface area contributed by atoms with Crippen molar-refractivity contribution in [1.82, 2.24) is 0 Å². The molecule has 74 valence electrons. The van der Waals surface area contributed by atoms with Crippen LogP contribution in [0.5, 0.6) is 0 Å². The van der Waals surface area contributed by atoms with E-state index < -0.39 is 0 Å². The summed E-state index contributed by atoms with van der Waals surface area (Å²) in [6.45, 7) is 2.19. The van der Waals surface area contributed by atoms with Gasteiger partial charge in [0.25, 0.3) is 0 Å². The largest absolute Gasteiger partial charge is 0.295 e. The van der Waals surface area contributed by atoms with Gasteiger partial charge in [0.15, 0.2) is 5.78 Å². The number of hydrogen-bond acceptors (Lipinski definition) is 2. The smallest absolute Gasteiger partial charge is 0.155 e. The molecule has 0 spiro atoms. The molecule has 0 aromatic heterocycles. The van der Waals surface area contributed by atoms with Crippen molar-refractivity contribution in [3.63, 3.8) is 0 Å². The third-order valence-corrected chi connectivity index (χ3v) is 3.26. The molecule has 0 saturated heterocycles. The van der Waals surface area contributed by atoms with Gasteiger partial charge < -0.3 is 0 Å². The van der Waals surface area contributed by atoms with Crippen LogP contribution in [0.25, 0.3) is 0 Å². The Hall–Kier alpha value is -0.240. The van der Waals surface area contributed by atoms with Crippen molar-refractivity contribution in [2.75, 3.05) is 11.5 Å². The fraction of sp³-hybridized carbons (Fsp3) is 0.727. The lowest BCUT2D eigenvalue weighted by Gasteiger charge is -2.11. The summed E-state index contributed by atoms with van der Waals surface area (Å²) in [5.74, 6) is 2.78. The monoisotopic (exact) mass is 198 g/mol. The molecule has 1 rings (SSSR count). The number of thioether (sulfide) groups is 1. The van der Waals surface area contributed by atoms with Crippen LogP contribution in [0.15, 0.2) is 11.6 Å². The molecule has 0 aromatic carbocycles. The first-order valence-corrected chi connectivity index (χ1v) is 6.28. The number of ketones is 1. The summed E-state index contributed by atoms with van der Waals surface area (Å²) in [5.41, 5.74) is 1.38. The number of allylic oxidation sites excluding steroid dienone is 2. The molecule has 1 aliphatic carbocycles. The third-order valence-electron chi connectivity index (χ3n) is 2.28. The van der Waals surface area contributed by atoms with Crippen LogP contribution < -0.4 is 0 Å². The van der Waals surface area contributed by atoms with Crippen LogP contribution in [0.2, 0.25) is 0 Å². The van der Waals surface area contributed by atoms with Crippen molar-refractivity contribution in [1.29, 1.82) is 0 Å². The summed E-state index contributed by atoms with van der Waals surface area (Å²) in [4.78, 5) is 11.1. The molecule has 0 saturated carbocycles. The van der Waals surface area contributed by atoms with Gasteiger partial charge in [-0.25, -0.2) is 0 Å². The van der Waals surface area contributed by atoms with E-state index in [9.17, 15) is 4.79 Å². The second-order valence-corrected chi connectivity index (χ2v) is 4.82. The van der Waals surface area contributed by atoms with Crippen molar-refractivity contribution in [2.45, 2.75) is 39.0 Å². The predicted molar refractivity (Wildman–Crippen MR) is 59.2 cm³/mol. The van der Waals surface area contributed by atoms with Crippen LogP contribution in [0.1, 0.15) is 39.0 Å². The Balaban J connectivity index is 2.16. The first kappa shape index (κ1) is 10.8. The van der Waals surface area contributed by atoms with Crippen LogP contribution in [0.3, 0.4) is 0 Å². The maximum atomic E-state index is 11.1. The summed E-state index contributed by atoms with van der Waals surface area (Å²) >= 11 is 1.99. The lowest BCUT2D eigenvalue weighted by Crippen LogP contribution is -2.02. The zero-order chi connectivity index (χ0) is 9.52. The molecule has 0 fully saturated rings. The van der Waals surface area contributed by atoms with E-state index in [2.05, 4.69) is 6.92 Å². The van der Waals surface area contributed by atoms with Crippen molar-refractivity contribution >= 4 is 17.5 Å². The molecule has 0 unspecified atom stereocenters. The topological polar surface area (TPSA) is 17.1 Å². The van der Waals surface area contributed by atoms with E-state index in [-0.39, 0.29) is 0 Å². The van der Waals surface area contributed by atoms with Gasteiger partial charge in [0.05, 0.1) is 0 Å². The Morgan fingerprint density at radius 3 is 3.00 bits per heavy atom. The highest BCUT2D eigenvalue weighted by Gasteiger charge is 2.08. The summed E-state index contributed by atoms with van der Waals surface area (Å²) in [6.07, 6.45) is 7.25. The Labute approximate surface area is 85.0 Å². The van der Waals surface area contributed by atoms with Gasteiger partial charge in [0.2, 0.25) is 0 Å². The molecule has 13 heavy (non-hydrogen) atoms. The minimum absolute atomic E-state index is 0.337. The Morgan fingerprint density at radius 1 is 1.46 bits per heavy atom. The van der Waals surface area contributed by atoms with Gasteiger partial charge in [-0.15, -0.1) is 0 Å². The van der Waals surface area contributed by atoms with E-state index in [1.807, 2.05) is 17.8 Å². The highest BCUT2D eigenvalue weighted by atomic mass is 32.2. The van der Waals surface area contributed by atoms with Crippen LogP contribution in [0, 0.1) is 0 Å². The quantitative estimate of drug-likeness (QED) is 0.631. The van der Waals surface area contributed by atoms with Crippen LogP contribution >= 0.6 is 11.8 Å². The summed E-state index contributed by atoms with van der Waals surface area (Å²) in [7, 11) is 0. The summed E-state index contributed by atoms with van der Waals surface area (Å²) in [5, 5.41) is 0. The van der Waals surface area contributed by atoms with Crippen LogP contribution in [0.4, 0.5) is 0 Å². The number of hydrogen-bond donors (Lipinski definition) is 0. The normalized spacial score (nSPS) is 17.3. The number of rotatable bonds is 5. The van der Waals surface area contributed by atoms with Crippen LogP contribution in [-0.4, -0.2) is 17.3 Å². The van der Waals surface area contributed by atoms with Crippen molar-refractivity contribution < 1.29 is 4.79 Å². The van der Waals surface area contributed by atoms with E-state index >= 15 is 0 Å². The second-order valence-electron chi connectivity index (χ2n) is 3.42. The molecule has 0 atom stereocenters. The molecule has 0 N–H and O–H groups in total. The molecule has 0 aromatic rings. The van der Waals surface area contributed by atoms with Crippen LogP contribution in [-0.2, 0) is 4.79 Å².